The van der Waals surface area contributed by atoms with E-state index in [0.29, 0.717) is 17.1 Å². The normalized spacial score (nSPS) is 10.3. The summed E-state index contributed by atoms with van der Waals surface area (Å²) in [6.07, 6.45) is 0. The molecule has 0 spiro atoms. The van der Waals surface area contributed by atoms with Crippen molar-refractivity contribution in [2.24, 2.45) is 0 Å². The first-order chi connectivity index (χ1) is 8.56. The zero-order valence-corrected chi connectivity index (χ0v) is 10.9. The molecule has 1 rings (SSSR count). The molecule has 0 saturated heterocycles. The molecule has 0 atom stereocenters. The molecule has 0 unspecified atom stereocenters. The average Bonchev–Trinajstić information content (AvgIpc) is 2.35. The molecule has 0 aliphatic rings. The number of aliphatic hydroxyl groups is 1. The Balaban J connectivity index is 2.67. The Labute approximate surface area is 107 Å². The molecule has 5 heteroatoms. The van der Waals surface area contributed by atoms with Crippen LogP contribution in [-0.4, -0.2) is 30.8 Å². The number of hydrogen-bond donors (Lipinski definition) is 2. The number of rotatable bonds is 6. The van der Waals surface area contributed by atoms with Gasteiger partial charge in [0.1, 0.15) is 0 Å². The van der Waals surface area contributed by atoms with Gasteiger partial charge in [0, 0.05) is 6.04 Å². The quantitative estimate of drug-likeness (QED) is 0.796. The number of carbonyl (C=O) groups is 1. The Morgan fingerprint density at radius 1 is 1.39 bits per heavy atom. The summed E-state index contributed by atoms with van der Waals surface area (Å²) in [4.78, 5) is 11.5. The smallest absolute Gasteiger partial charge is 0.258 e. The van der Waals surface area contributed by atoms with E-state index in [0.717, 1.165) is 0 Å². The molecule has 5 nitrogen and oxygen atoms in total. The topological polar surface area (TPSA) is 67.8 Å². The van der Waals surface area contributed by atoms with Crippen LogP contribution < -0.4 is 14.8 Å². The molecule has 0 saturated carbocycles. The minimum atomic E-state index is -0.193. The van der Waals surface area contributed by atoms with Crippen LogP contribution in [-0.2, 0) is 11.4 Å². The third-order valence-electron chi connectivity index (χ3n) is 2.22. The van der Waals surface area contributed by atoms with E-state index in [4.69, 9.17) is 14.6 Å². The summed E-state index contributed by atoms with van der Waals surface area (Å²) in [5.41, 5.74) is 0.704. The lowest BCUT2D eigenvalue weighted by Gasteiger charge is -2.13. The van der Waals surface area contributed by atoms with Crippen molar-refractivity contribution in [2.45, 2.75) is 26.5 Å². The zero-order valence-electron chi connectivity index (χ0n) is 10.9. The van der Waals surface area contributed by atoms with Gasteiger partial charge in [-0.1, -0.05) is 6.07 Å². The van der Waals surface area contributed by atoms with Crippen LogP contribution in [0.4, 0.5) is 0 Å². The monoisotopic (exact) mass is 253 g/mol. The number of amides is 1. The molecule has 0 radical (unpaired) electrons. The van der Waals surface area contributed by atoms with Crippen LogP contribution in [0.5, 0.6) is 11.5 Å². The summed E-state index contributed by atoms with van der Waals surface area (Å²) in [6.45, 7) is 3.59. The van der Waals surface area contributed by atoms with Gasteiger partial charge in [-0.3, -0.25) is 4.79 Å². The van der Waals surface area contributed by atoms with Crippen LogP contribution in [0.3, 0.4) is 0 Å². The number of aliphatic hydroxyl groups excluding tert-OH is 1. The Morgan fingerprint density at radius 3 is 2.67 bits per heavy atom. The van der Waals surface area contributed by atoms with E-state index >= 15 is 0 Å². The molecule has 2 N–H and O–H groups in total. The van der Waals surface area contributed by atoms with Gasteiger partial charge >= 0.3 is 0 Å². The molecule has 0 bridgehead atoms. The molecule has 0 heterocycles. The lowest BCUT2D eigenvalue weighted by Crippen LogP contribution is -2.34. The molecule has 0 fully saturated rings. The SMILES string of the molecule is COc1ccc(CO)cc1OCC(=O)NC(C)C. The van der Waals surface area contributed by atoms with Gasteiger partial charge in [0.2, 0.25) is 0 Å². The minimum Gasteiger partial charge on any atom is -0.493 e. The minimum absolute atomic E-state index is 0.0757. The molecular formula is C13H19NO4. The second-order valence-electron chi connectivity index (χ2n) is 4.15. The average molecular weight is 253 g/mol. The van der Waals surface area contributed by atoms with E-state index in [-0.39, 0.29) is 25.2 Å². The van der Waals surface area contributed by atoms with Crippen molar-refractivity contribution in [1.29, 1.82) is 0 Å². The van der Waals surface area contributed by atoms with Crippen molar-refractivity contribution in [3.8, 4) is 11.5 Å². The van der Waals surface area contributed by atoms with Crippen LogP contribution in [0.25, 0.3) is 0 Å². The maximum Gasteiger partial charge on any atom is 0.258 e. The summed E-state index contributed by atoms with van der Waals surface area (Å²) >= 11 is 0. The van der Waals surface area contributed by atoms with Gasteiger partial charge in [0.05, 0.1) is 13.7 Å². The number of carbonyl (C=O) groups excluding carboxylic acids is 1. The second kappa shape index (κ2) is 6.86. The van der Waals surface area contributed by atoms with Gasteiger partial charge in [0.15, 0.2) is 18.1 Å². The van der Waals surface area contributed by atoms with Gasteiger partial charge in [-0.15, -0.1) is 0 Å². The van der Waals surface area contributed by atoms with Gasteiger partial charge in [0.25, 0.3) is 5.91 Å². The summed E-state index contributed by atoms with van der Waals surface area (Å²) in [6, 6.07) is 5.16. The van der Waals surface area contributed by atoms with Gasteiger partial charge in [-0.2, -0.15) is 0 Å². The van der Waals surface area contributed by atoms with E-state index in [1.807, 2.05) is 13.8 Å². The van der Waals surface area contributed by atoms with Crippen LogP contribution in [0.2, 0.25) is 0 Å². The molecule has 0 aromatic heterocycles. The molecule has 0 aliphatic heterocycles. The second-order valence-corrected chi connectivity index (χ2v) is 4.15. The number of methoxy groups -OCH3 is 1. The highest BCUT2D eigenvalue weighted by atomic mass is 16.5. The van der Waals surface area contributed by atoms with E-state index in [2.05, 4.69) is 5.32 Å². The highest BCUT2D eigenvalue weighted by molar-refractivity contribution is 5.77. The lowest BCUT2D eigenvalue weighted by molar-refractivity contribution is -0.123. The van der Waals surface area contributed by atoms with Crippen LogP contribution in [0.1, 0.15) is 19.4 Å². The lowest BCUT2D eigenvalue weighted by atomic mass is 10.2. The number of benzene rings is 1. The molecule has 1 aromatic carbocycles. The fraction of sp³-hybridized carbons (Fsp3) is 0.462. The van der Waals surface area contributed by atoms with E-state index in [1.54, 1.807) is 18.2 Å². The van der Waals surface area contributed by atoms with Gasteiger partial charge in [-0.25, -0.2) is 0 Å². The Kier molecular flexibility index (Phi) is 5.45. The molecule has 100 valence electrons. The highest BCUT2D eigenvalue weighted by Crippen LogP contribution is 2.27. The summed E-state index contributed by atoms with van der Waals surface area (Å²) in [5.74, 6) is 0.786. The third kappa shape index (κ3) is 4.25. The van der Waals surface area contributed by atoms with Crippen LogP contribution >= 0.6 is 0 Å². The van der Waals surface area contributed by atoms with E-state index < -0.39 is 0 Å². The van der Waals surface area contributed by atoms with Crippen molar-refractivity contribution < 1.29 is 19.4 Å². The first-order valence-corrected chi connectivity index (χ1v) is 5.76. The van der Waals surface area contributed by atoms with E-state index in [1.165, 1.54) is 7.11 Å². The Hall–Kier alpha value is -1.75. The van der Waals surface area contributed by atoms with Crippen molar-refractivity contribution in [1.82, 2.24) is 5.32 Å². The summed E-state index contributed by atoms with van der Waals surface area (Å²) in [5, 5.41) is 11.8. The predicted octanol–water partition coefficient (Wildman–Crippen LogP) is 1.09. The summed E-state index contributed by atoms with van der Waals surface area (Å²) in [7, 11) is 1.52. The maximum absolute atomic E-state index is 11.5. The maximum atomic E-state index is 11.5. The molecule has 1 aromatic rings. The van der Waals surface area contributed by atoms with Crippen LogP contribution in [0.15, 0.2) is 18.2 Å². The molecule has 0 aliphatic carbocycles. The first-order valence-electron chi connectivity index (χ1n) is 5.76. The summed E-state index contributed by atoms with van der Waals surface area (Å²) < 4.78 is 10.5. The fourth-order valence-corrected chi connectivity index (χ4v) is 1.44. The fourth-order valence-electron chi connectivity index (χ4n) is 1.44. The largest absolute Gasteiger partial charge is 0.493 e. The number of hydrogen-bond acceptors (Lipinski definition) is 4. The third-order valence-corrected chi connectivity index (χ3v) is 2.22. The first kappa shape index (κ1) is 14.3. The number of ether oxygens (including phenoxy) is 2. The van der Waals surface area contributed by atoms with Crippen LogP contribution in [0, 0.1) is 0 Å². The molecular weight excluding hydrogens is 234 g/mol. The zero-order chi connectivity index (χ0) is 13.5. The molecule has 1 amide bonds. The van der Waals surface area contributed by atoms with Crippen molar-refractivity contribution in [2.75, 3.05) is 13.7 Å². The van der Waals surface area contributed by atoms with Crippen molar-refractivity contribution in [3.63, 3.8) is 0 Å². The van der Waals surface area contributed by atoms with Gasteiger partial charge in [-0.05, 0) is 31.5 Å². The number of nitrogens with one attached hydrogen (secondary N) is 1. The van der Waals surface area contributed by atoms with Gasteiger partial charge < -0.3 is 19.9 Å². The molecule has 18 heavy (non-hydrogen) atoms. The Morgan fingerprint density at radius 2 is 2.11 bits per heavy atom. The standard InChI is InChI=1S/C13H19NO4/c1-9(2)14-13(16)8-18-12-6-10(7-15)4-5-11(12)17-3/h4-6,9,15H,7-8H2,1-3H3,(H,14,16). The highest BCUT2D eigenvalue weighted by Gasteiger charge is 2.09. The van der Waals surface area contributed by atoms with Crippen molar-refractivity contribution in [3.05, 3.63) is 23.8 Å². The van der Waals surface area contributed by atoms with E-state index in [9.17, 15) is 4.79 Å². The van der Waals surface area contributed by atoms with Crippen molar-refractivity contribution >= 4 is 5.91 Å². The Bertz CT molecular complexity index is 404. The predicted molar refractivity (Wildman–Crippen MR) is 67.7 cm³/mol.